The third-order valence-electron chi connectivity index (χ3n) is 4.24. The Kier molecular flexibility index (Phi) is 15.8. The summed E-state index contributed by atoms with van der Waals surface area (Å²) < 4.78 is 0. The normalized spacial score (nSPS) is 13.9. The highest BCUT2D eigenvalue weighted by Crippen LogP contribution is 2.15. The van der Waals surface area contributed by atoms with Gasteiger partial charge in [0.2, 0.25) is 0 Å². The third kappa shape index (κ3) is 16.0. The van der Waals surface area contributed by atoms with E-state index in [1.54, 1.807) is 0 Å². The fourth-order valence-corrected chi connectivity index (χ4v) is 2.72. The van der Waals surface area contributed by atoms with Crippen molar-refractivity contribution in [3.8, 4) is 0 Å². The van der Waals surface area contributed by atoms with Gasteiger partial charge in [-0.05, 0) is 25.7 Å². The van der Waals surface area contributed by atoms with Crippen molar-refractivity contribution in [3.05, 3.63) is 0 Å². The number of unbranched alkanes of at least 4 members (excludes halogenated alkanes) is 9. The third-order valence-corrected chi connectivity index (χ3v) is 4.24. The monoisotopic (exact) mass is 332 g/mol. The predicted molar refractivity (Wildman–Crippen MR) is 91.4 cm³/mol. The molecule has 0 aliphatic rings. The van der Waals surface area contributed by atoms with Gasteiger partial charge in [-0.3, -0.25) is 4.79 Å². The largest absolute Gasteiger partial charge is 0.481 e. The summed E-state index contributed by atoms with van der Waals surface area (Å²) in [6.07, 6.45) is 10.9. The first kappa shape index (κ1) is 22.4. The van der Waals surface area contributed by atoms with Crippen molar-refractivity contribution in [1.82, 2.24) is 0 Å². The second-order valence-electron chi connectivity index (χ2n) is 6.47. The summed E-state index contributed by atoms with van der Waals surface area (Å²) in [6.45, 7) is 0.268. The molecule has 4 N–H and O–H groups in total. The van der Waals surface area contributed by atoms with Crippen molar-refractivity contribution in [2.24, 2.45) is 0 Å². The predicted octanol–water partition coefficient (Wildman–Crippen LogP) is 3.25. The molecule has 0 aromatic rings. The lowest BCUT2D eigenvalue weighted by Gasteiger charge is -2.17. The first-order valence-corrected chi connectivity index (χ1v) is 9.26. The highest BCUT2D eigenvalue weighted by molar-refractivity contribution is 5.66. The summed E-state index contributed by atoms with van der Waals surface area (Å²) in [7, 11) is 0. The average Bonchev–Trinajstić information content (AvgIpc) is 2.52. The Hall–Kier alpha value is -0.650. The number of aliphatic hydroxyl groups is 3. The average molecular weight is 332 g/mol. The number of hydrogen-bond acceptors (Lipinski definition) is 4. The van der Waals surface area contributed by atoms with Crippen LogP contribution in [0.15, 0.2) is 0 Å². The zero-order chi connectivity index (χ0) is 17.3. The summed E-state index contributed by atoms with van der Waals surface area (Å²) in [4.78, 5) is 10.4. The summed E-state index contributed by atoms with van der Waals surface area (Å²) in [5, 5.41) is 37.0. The van der Waals surface area contributed by atoms with Crippen LogP contribution >= 0.6 is 0 Å². The highest BCUT2D eigenvalue weighted by Gasteiger charge is 2.15. The molecule has 23 heavy (non-hydrogen) atoms. The van der Waals surface area contributed by atoms with Crippen molar-refractivity contribution < 1.29 is 25.2 Å². The number of hydrogen-bond donors (Lipinski definition) is 4. The Morgan fingerprint density at radius 3 is 1.48 bits per heavy atom. The standard InChI is InChI=1S/C18H36O5/c19-15-11-7-2-1-4-8-12-16(20)17(21)13-9-5-3-6-10-14-18(22)23/h16-17,19-21H,1-15H2,(H,22,23)/t16-,17+/m0/s1. The lowest BCUT2D eigenvalue weighted by Crippen LogP contribution is -2.25. The number of aliphatic hydroxyl groups excluding tert-OH is 3. The molecule has 0 unspecified atom stereocenters. The van der Waals surface area contributed by atoms with Crippen LogP contribution in [0.5, 0.6) is 0 Å². The van der Waals surface area contributed by atoms with E-state index >= 15 is 0 Å². The highest BCUT2D eigenvalue weighted by atomic mass is 16.4. The van der Waals surface area contributed by atoms with Gasteiger partial charge in [-0.25, -0.2) is 0 Å². The van der Waals surface area contributed by atoms with Crippen molar-refractivity contribution in [2.45, 2.75) is 102 Å². The summed E-state index contributed by atoms with van der Waals surface area (Å²) in [5.74, 6) is -0.739. The Labute approximate surface area is 140 Å². The quantitative estimate of drug-likeness (QED) is 0.307. The topological polar surface area (TPSA) is 98.0 Å². The molecular formula is C18H36O5. The van der Waals surface area contributed by atoms with Crippen molar-refractivity contribution in [3.63, 3.8) is 0 Å². The van der Waals surface area contributed by atoms with E-state index < -0.39 is 18.2 Å². The van der Waals surface area contributed by atoms with E-state index in [0.29, 0.717) is 12.8 Å². The molecule has 0 fully saturated rings. The van der Waals surface area contributed by atoms with E-state index in [1.807, 2.05) is 0 Å². The van der Waals surface area contributed by atoms with Crippen molar-refractivity contribution in [1.29, 1.82) is 0 Å². The maximum atomic E-state index is 10.4. The van der Waals surface area contributed by atoms with Gasteiger partial charge in [-0.15, -0.1) is 0 Å². The molecule has 0 saturated heterocycles. The molecule has 0 aliphatic carbocycles. The van der Waals surface area contributed by atoms with E-state index in [9.17, 15) is 15.0 Å². The maximum Gasteiger partial charge on any atom is 0.303 e. The van der Waals surface area contributed by atoms with Gasteiger partial charge in [-0.1, -0.05) is 57.8 Å². The number of aliphatic carboxylic acids is 1. The maximum absolute atomic E-state index is 10.4. The Balaban J connectivity index is 3.37. The lowest BCUT2D eigenvalue weighted by molar-refractivity contribution is -0.137. The van der Waals surface area contributed by atoms with Crippen LogP contribution < -0.4 is 0 Å². The second-order valence-corrected chi connectivity index (χ2v) is 6.47. The van der Waals surface area contributed by atoms with Gasteiger partial charge in [0.1, 0.15) is 0 Å². The summed E-state index contributed by atoms with van der Waals surface area (Å²) in [5.41, 5.74) is 0. The Bertz CT molecular complexity index is 270. The molecule has 5 heteroatoms. The fraction of sp³-hybridized carbons (Fsp3) is 0.944. The van der Waals surface area contributed by atoms with Gasteiger partial charge in [0, 0.05) is 13.0 Å². The van der Waals surface area contributed by atoms with Crippen molar-refractivity contribution in [2.75, 3.05) is 6.61 Å². The van der Waals surface area contributed by atoms with Gasteiger partial charge in [0.05, 0.1) is 12.2 Å². The first-order valence-electron chi connectivity index (χ1n) is 9.26. The zero-order valence-electron chi connectivity index (χ0n) is 14.5. The first-order chi connectivity index (χ1) is 11.1. The number of carbonyl (C=O) groups is 1. The number of carboxylic acids is 1. The molecule has 0 aromatic heterocycles. The van der Waals surface area contributed by atoms with E-state index in [4.69, 9.17) is 10.2 Å². The fourth-order valence-electron chi connectivity index (χ4n) is 2.72. The van der Waals surface area contributed by atoms with Crippen LogP contribution in [0.4, 0.5) is 0 Å². The van der Waals surface area contributed by atoms with E-state index in [2.05, 4.69) is 0 Å². The molecular weight excluding hydrogens is 296 g/mol. The molecule has 0 bridgehead atoms. The van der Waals surface area contributed by atoms with Crippen LogP contribution in [-0.4, -0.2) is 45.2 Å². The molecule has 0 radical (unpaired) electrons. The van der Waals surface area contributed by atoms with Gasteiger partial charge in [-0.2, -0.15) is 0 Å². The molecule has 0 aliphatic heterocycles. The number of rotatable bonds is 17. The molecule has 0 amide bonds. The van der Waals surface area contributed by atoms with E-state index in [1.165, 1.54) is 0 Å². The van der Waals surface area contributed by atoms with Crippen LogP contribution in [0.2, 0.25) is 0 Å². The van der Waals surface area contributed by atoms with Crippen molar-refractivity contribution >= 4 is 5.97 Å². The van der Waals surface area contributed by atoms with Gasteiger partial charge < -0.3 is 20.4 Å². The minimum atomic E-state index is -0.739. The zero-order valence-corrected chi connectivity index (χ0v) is 14.5. The van der Waals surface area contributed by atoms with E-state index in [0.717, 1.165) is 70.6 Å². The van der Waals surface area contributed by atoms with Crippen LogP contribution in [0, 0.1) is 0 Å². The SMILES string of the molecule is O=C(O)CCCCCCC[C@@H](O)[C@@H](O)CCCCCCCCO. The Morgan fingerprint density at radius 1 is 0.652 bits per heavy atom. The van der Waals surface area contributed by atoms with Crippen LogP contribution in [-0.2, 0) is 4.79 Å². The van der Waals surface area contributed by atoms with Crippen LogP contribution in [0.3, 0.4) is 0 Å². The lowest BCUT2D eigenvalue weighted by atomic mass is 9.99. The molecule has 0 aromatic carbocycles. The molecule has 0 heterocycles. The summed E-state index contributed by atoms with van der Waals surface area (Å²) >= 11 is 0. The minimum absolute atomic E-state index is 0.237. The molecule has 0 rings (SSSR count). The molecule has 2 atom stereocenters. The van der Waals surface area contributed by atoms with Gasteiger partial charge in [0.15, 0.2) is 0 Å². The number of carboxylic acid groups (broad SMARTS) is 1. The molecule has 138 valence electrons. The smallest absolute Gasteiger partial charge is 0.303 e. The van der Waals surface area contributed by atoms with Gasteiger partial charge >= 0.3 is 5.97 Å². The van der Waals surface area contributed by atoms with Crippen LogP contribution in [0.1, 0.15) is 89.9 Å². The van der Waals surface area contributed by atoms with Crippen LogP contribution in [0.25, 0.3) is 0 Å². The molecule has 0 saturated carbocycles. The van der Waals surface area contributed by atoms with E-state index in [-0.39, 0.29) is 13.0 Å². The minimum Gasteiger partial charge on any atom is -0.481 e. The van der Waals surface area contributed by atoms with Gasteiger partial charge in [0.25, 0.3) is 0 Å². The Morgan fingerprint density at radius 2 is 1.04 bits per heavy atom. The molecule has 0 spiro atoms. The summed E-state index contributed by atoms with van der Waals surface area (Å²) in [6, 6.07) is 0. The second kappa shape index (κ2) is 16.2. The molecule has 5 nitrogen and oxygen atoms in total.